The van der Waals surface area contributed by atoms with E-state index in [-0.39, 0.29) is 17.9 Å². The minimum Gasteiger partial charge on any atom is -0.396 e. The Hall–Kier alpha value is -0.810. The molecule has 0 unspecified atom stereocenters. The van der Waals surface area contributed by atoms with Crippen LogP contribution in [-0.4, -0.2) is 28.7 Å². The maximum absolute atomic E-state index is 12.0. The fourth-order valence-electron chi connectivity index (χ4n) is 1.85. The van der Waals surface area contributed by atoms with Crippen molar-refractivity contribution in [2.24, 2.45) is 5.41 Å². The Bertz CT molecular complexity index is 424. The van der Waals surface area contributed by atoms with E-state index in [1.165, 1.54) is 0 Å². The Morgan fingerprint density at radius 2 is 2.35 bits per heavy atom. The summed E-state index contributed by atoms with van der Waals surface area (Å²) in [5, 5.41) is 12.1. The van der Waals surface area contributed by atoms with Gasteiger partial charge in [-0.2, -0.15) is 0 Å². The average molecular weight is 301 g/mol. The fraction of sp³-hybridized carbons (Fsp3) is 0.583. The van der Waals surface area contributed by atoms with Crippen molar-refractivity contribution >= 4 is 21.8 Å². The Morgan fingerprint density at radius 1 is 1.65 bits per heavy atom. The zero-order valence-corrected chi connectivity index (χ0v) is 11.5. The molecule has 0 spiro atoms. The lowest BCUT2D eigenvalue weighted by Crippen LogP contribution is -2.33. The molecule has 0 bridgehead atoms. The number of aliphatic hydroxyl groups is 1. The first-order valence-corrected chi connectivity index (χ1v) is 6.64. The molecule has 1 aromatic heterocycles. The highest BCUT2D eigenvalue weighted by Gasteiger charge is 2.42. The van der Waals surface area contributed by atoms with Crippen LogP contribution in [0, 0.1) is 5.41 Å². The van der Waals surface area contributed by atoms with Crippen molar-refractivity contribution in [2.75, 3.05) is 13.2 Å². The normalized spacial score (nSPS) is 16.9. The largest absolute Gasteiger partial charge is 0.396 e. The Morgan fingerprint density at radius 3 is 2.88 bits per heavy atom. The summed E-state index contributed by atoms with van der Waals surface area (Å²) < 4.78 is 2.81. The van der Waals surface area contributed by atoms with E-state index in [4.69, 9.17) is 0 Å². The fourth-order valence-corrected chi connectivity index (χ4v) is 2.32. The van der Waals surface area contributed by atoms with Gasteiger partial charge in [0, 0.05) is 29.2 Å². The molecule has 1 aromatic rings. The lowest BCUT2D eigenvalue weighted by atomic mass is 10.1. The van der Waals surface area contributed by atoms with Gasteiger partial charge in [0.15, 0.2) is 0 Å². The molecule has 1 saturated carbocycles. The van der Waals surface area contributed by atoms with Crippen molar-refractivity contribution < 1.29 is 9.90 Å². The number of halogens is 1. The van der Waals surface area contributed by atoms with Crippen LogP contribution >= 0.6 is 15.9 Å². The van der Waals surface area contributed by atoms with Crippen molar-refractivity contribution in [1.82, 2.24) is 9.88 Å². The number of hydrogen-bond acceptors (Lipinski definition) is 2. The number of nitrogens with one attached hydrogen (secondary N) is 1. The molecule has 0 saturated heterocycles. The summed E-state index contributed by atoms with van der Waals surface area (Å²) in [7, 11) is 0. The lowest BCUT2D eigenvalue weighted by molar-refractivity contribution is 0.0926. The molecule has 94 valence electrons. The number of aryl methyl sites for hydroxylation is 1. The van der Waals surface area contributed by atoms with E-state index >= 15 is 0 Å². The van der Waals surface area contributed by atoms with Gasteiger partial charge in [-0.15, -0.1) is 0 Å². The molecule has 0 aromatic carbocycles. The van der Waals surface area contributed by atoms with Crippen LogP contribution in [0.3, 0.4) is 0 Å². The Balaban J connectivity index is 1.99. The molecular weight excluding hydrogens is 284 g/mol. The second-order valence-electron chi connectivity index (χ2n) is 4.67. The van der Waals surface area contributed by atoms with Gasteiger partial charge in [0.2, 0.25) is 0 Å². The minimum atomic E-state index is -0.0720. The van der Waals surface area contributed by atoms with Crippen molar-refractivity contribution in [1.29, 1.82) is 0 Å². The van der Waals surface area contributed by atoms with Crippen molar-refractivity contribution in [3.63, 3.8) is 0 Å². The molecule has 17 heavy (non-hydrogen) atoms. The van der Waals surface area contributed by atoms with Crippen molar-refractivity contribution in [2.45, 2.75) is 26.3 Å². The van der Waals surface area contributed by atoms with Crippen LogP contribution in [0.4, 0.5) is 0 Å². The van der Waals surface area contributed by atoms with Crippen LogP contribution in [0.15, 0.2) is 16.7 Å². The van der Waals surface area contributed by atoms with E-state index in [1.807, 2.05) is 23.8 Å². The monoisotopic (exact) mass is 300 g/mol. The maximum atomic E-state index is 12.0. The zero-order valence-electron chi connectivity index (χ0n) is 9.87. The van der Waals surface area contributed by atoms with Crippen LogP contribution in [0.1, 0.15) is 30.3 Å². The summed E-state index contributed by atoms with van der Waals surface area (Å²) in [5.41, 5.74) is 0.615. The molecule has 5 heteroatoms. The molecule has 1 aliphatic rings. The van der Waals surface area contributed by atoms with Gasteiger partial charge in [-0.25, -0.2) is 0 Å². The quantitative estimate of drug-likeness (QED) is 0.871. The predicted octanol–water partition coefficient (Wildman–Crippen LogP) is 1.77. The highest BCUT2D eigenvalue weighted by atomic mass is 79.9. The maximum Gasteiger partial charge on any atom is 0.267 e. The van der Waals surface area contributed by atoms with Gasteiger partial charge in [-0.1, -0.05) is 0 Å². The molecule has 0 radical (unpaired) electrons. The van der Waals surface area contributed by atoms with Gasteiger partial charge in [-0.3, -0.25) is 4.79 Å². The van der Waals surface area contributed by atoms with E-state index in [9.17, 15) is 9.90 Å². The third-order valence-corrected chi connectivity index (χ3v) is 3.79. The topological polar surface area (TPSA) is 54.3 Å². The second-order valence-corrected chi connectivity index (χ2v) is 5.59. The van der Waals surface area contributed by atoms with Crippen LogP contribution in [-0.2, 0) is 6.54 Å². The van der Waals surface area contributed by atoms with E-state index in [0.29, 0.717) is 12.2 Å². The van der Waals surface area contributed by atoms with Crippen molar-refractivity contribution in [3.05, 3.63) is 22.4 Å². The molecule has 1 heterocycles. The summed E-state index contributed by atoms with van der Waals surface area (Å²) in [5.74, 6) is -0.0720. The molecule has 2 rings (SSSR count). The van der Waals surface area contributed by atoms with Gasteiger partial charge in [0.05, 0.1) is 6.61 Å². The number of amides is 1. The predicted molar refractivity (Wildman–Crippen MR) is 68.9 cm³/mol. The molecular formula is C12H17BrN2O2. The number of carbonyl (C=O) groups is 1. The summed E-state index contributed by atoms with van der Waals surface area (Å²) in [6.45, 7) is 3.49. The summed E-state index contributed by atoms with van der Waals surface area (Å²) >= 11 is 3.37. The van der Waals surface area contributed by atoms with Crippen molar-refractivity contribution in [3.8, 4) is 0 Å². The second kappa shape index (κ2) is 4.82. The molecule has 0 atom stereocenters. The molecule has 4 nitrogen and oxygen atoms in total. The average Bonchev–Trinajstić information content (AvgIpc) is 3.02. The molecule has 1 aliphatic carbocycles. The lowest BCUT2D eigenvalue weighted by Gasteiger charge is -2.13. The molecule has 0 aliphatic heterocycles. The highest BCUT2D eigenvalue weighted by Crippen LogP contribution is 2.44. The molecule has 1 fully saturated rings. The van der Waals surface area contributed by atoms with Gasteiger partial charge in [0.1, 0.15) is 5.69 Å². The summed E-state index contributed by atoms with van der Waals surface area (Å²) in [6, 6.07) is 1.82. The zero-order chi connectivity index (χ0) is 12.5. The SMILES string of the molecule is CCn1cc(Br)cc1C(=O)NCC1(CO)CC1. The summed E-state index contributed by atoms with van der Waals surface area (Å²) in [6.07, 6.45) is 3.90. The highest BCUT2D eigenvalue weighted by molar-refractivity contribution is 9.10. The Labute approximate surface area is 109 Å². The molecule has 2 N–H and O–H groups in total. The first-order valence-electron chi connectivity index (χ1n) is 5.85. The van der Waals surface area contributed by atoms with Gasteiger partial charge in [-0.05, 0) is 41.8 Å². The standard InChI is InChI=1S/C12H17BrN2O2/c1-2-15-6-9(13)5-10(15)11(17)14-7-12(8-16)3-4-12/h5-6,16H,2-4,7-8H2,1H3,(H,14,17). The minimum absolute atomic E-state index is 0.0451. The number of nitrogens with zero attached hydrogens (tertiary/aromatic N) is 1. The van der Waals surface area contributed by atoms with Gasteiger partial charge in [0.25, 0.3) is 5.91 Å². The van der Waals surface area contributed by atoms with Gasteiger partial charge >= 0.3 is 0 Å². The Kier molecular flexibility index (Phi) is 3.58. The number of aromatic nitrogens is 1. The van der Waals surface area contributed by atoms with E-state index in [0.717, 1.165) is 23.9 Å². The smallest absolute Gasteiger partial charge is 0.267 e. The van der Waals surface area contributed by atoms with E-state index < -0.39 is 0 Å². The van der Waals surface area contributed by atoms with Crippen LogP contribution < -0.4 is 5.32 Å². The third kappa shape index (κ3) is 2.72. The van der Waals surface area contributed by atoms with Crippen LogP contribution in [0.5, 0.6) is 0 Å². The van der Waals surface area contributed by atoms with Gasteiger partial charge < -0.3 is 15.0 Å². The number of hydrogen-bond donors (Lipinski definition) is 2. The third-order valence-electron chi connectivity index (χ3n) is 3.35. The van der Waals surface area contributed by atoms with Crippen LogP contribution in [0.25, 0.3) is 0 Å². The number of rotatable bonds is 5. The number of carbonyl (C=O) groups excluding carboxylic acids is 1. The van der Waals surface area contributed by atoms with E-state index in [1.54, 1.807) is 0 Å². The van der Waals surface area contributed by atoms with Crippen LogP contribution in [0.2, 0.25) is 0 Å². The molecule has 1 amide bonds. The first-order chi connectivity index (χ1) is 8.10. The van der Waals surface area contributed by atoms with E-state index in [2.05, 4.69) is 21.2 Å². The number of aliphatic hydroxyl groups excluding tert-OH is 1. The summed E-state index contributed by atoms with van der Waals surface area (Å²) in [4.78, 5) is 12.0. The first kappa shape index (κ1) is 12.6.